The minimum absolute atomic E-state index is 0. The Balaban J connectivity index is 0.00000312. The zero-order valence-corrected chi connectivity index (χ0v) is 17.3. The normalized spacial score (nSPS) is 17.8. The smallest absolute Gasteiger partial charge is 0.227 e. The summed E-state index contributed by atoms with van der Waals surface area (Å²) in [6.07, 6.45) is 4.45. The summed E-state index contributed by atoms with van der Waals surface area (Å²) in [4.78, 5) is 22.8. The highest BCUT2D eigenvalue weighted by atomic mass is 127. The van der Waals surface area contributed by atoms with Gasteiger partial charge in [-0.2, -0.15) is 0 Å². The first-order chi connectivity index (χ1) is 11.6. The molecule has 2 rings (SSSR count). The predicted octanol–water partition coefficient (Wildman–Crippen LogP) is 1.73. The number of likely N-dealkylation sites (tertiary alicyclic amines) is 1. The zero-order chi connectivity index (χ0) is 17.4. The van der Waals surface area contributed by atoms with Crippen LogP contribution in [-0.2, 0) is 4.79 Å². The molecule has 0 radical (unpaired) electrons. The second kappa shape index (κ2) is 11.2. The topological polar surface area (TPSA) is 95.6 Å². The number of amides is 1. The second-order valence-corrected chi connectivity index (χ2v) is 6.10. The number of nitrogens with zero attached hydrogens (tertiary/aromatic N) is 3. The first kappa shape index (κ1) is 21.6. The van der Waals surface area contributed by atoms with Gasteiger partial charge >= 0.3 is 0 Å². The van der Waals surface area contributed by atoms with E-state index < -0.39 is 0 Å². The number of aryl methyl sites for hydroxylation is 1. The van der Waals surface area contributed by atoms with Gasteiger partial charge in [0.05, 0.1) is 6.54 Å². The second-order valence-electron chi connectivity index (χ2n) is 6.10. The fraction of sp³-hybridized carbons (Fsp3) is 0.588. The number of halogens is 1. The van der Waals surface area contributed by atoms with Crippen LogP contribution in [0, 0.1) is 6.92 Å². The average molecular weight is 460 g/mol. The molecule has 4 N–H and O–H groups in total. The number of likely N-dealkylation sites (N-methyl/N-ethyl adjacent to an activating group) is 1. The third-order valence-electron chi connectivity index (χ3n) is 4.21. The molecule has 1 aliphatic heterocycles. The maximum Gasteiger partial charge on any atom is 0.227 e. The minimum Gasteiger partial charge on any atom is -0.370 e. The highest BCUT2D eigenvalue weighted by Crippen LogP contribution is 2.16. The van der Waals surface area contributed by atoms with Crippen molar-refractivity contribution in [3.63, 3.8) is 0 Å². The van der Waals surface area contributed by atoms with Crippen molar-refractivity contribution < 1.29 is 4.79 Å². The molecule has 1 aromatic heterocycles. The molecular formula is C17H29IN6O. The number of anilines is 1. The van der Waals surface area contributed by atoms with Crippen LogP contribution in [0.2, 0.25) is 0 Å². The molecule has 1 unspecified atom stereocenters. The van der Waals surface area contributed by atoms with Crippen LogP contribution in [0.4, 0.5) is 5.82 Å². The highest BCUT2D eigenvalue weighted by molar-refractivity contribution is 14.0. The van der Waals surface area contributed by atoms with E-state index in [9.17, 15) is 4.79 Å². The van der Waals surface area contributed by atoms with Gasteiger partial charge in [-0.3, -0.25) is 14.7 Å². The number of guanidine groups is 1. The number of nitrogens with one attached hydrogen (secondary N) is 2. The molecule has 0 spiro atoms. The number of hydrogen-bond acceptors (Lipinski definition) is 4. The molecule has 1 aliphatic rings. The summed E-state index contributed by atoms with van der Waals surface area (Å²) in [7, 11) is 0. The van der Waals surface area contributed by atoms with Crippen molar-refractivity contribution in [2.75, 3.05) is 31.5 Å². The zero-order valence-electron chi connectivity index (χ0n) is 15.0. The number of carbonyl (C=O) groups excluding carboxylic acids is 1. The minimum atomic E-state index is -0.0976. The van der Waals surface area contributed by atoms with E-state index >= 15 is 0 Å². The third-order valence-corrected chi connectivity index (χ3v) is 4.21. The van der Waals surface area contributed by atoms with Gasteiger partial charge in [0.15, 0.2) is 5.96 Å². The lowest BCUT2D eigenvalue weighted by atomic mass is 10.2. The van der Waals surface area contributed by atoms with Crippen LogP contribution in [0.5, 0.6) is 0 Å². The number of hydrogen-bond donors (Lipinski definition) is 3. The predicted molar refractivity (Wildman–Crippen MR) is 112 cm³/mol. The lowest BCUT2D eigenvalue weighted by Crippen LogP contribution is -2.36. The Kier molecular flexibility index (Phi) is 9.73. The molecule has 1 aromatic rings. The van der Waals surface area contributed by atoms with Gasteiger partial charge in [-0.15, -0.1) is 24.0 Å². The summed E-state index contributed by atoms with van der Waals surface area (Å²) in [5.74, 6) is 0.868. The van der Waals surface area contributed by atoms with E-state index in [1.165, 1.54) is 12.8 Å². The summed E-state index contributed by atoms with van der Waals surface area (Å²) in [5.41, 5.74) is 6.93. The molecule has 25 heavy (non-hydrogen) atoms. The van der Waals surface area contributed by atoms with Crippen molar-refractivity contribution in [2.24, 2.45) is 10.7 Å². The van der Waals surface area contributed by atoms with Crippen LogP contribution < -0.4 is 16.4 Å². The Hall–Kier alpha value is -1.42. The van der Waals surface area contributed by atoms with Crippen molar-refractivity contribution in [1.82, 2.24) is 15.2 Å². The quantitative estimate of drug-likeness (QED) is 0.327. The Labute approximate surface area is 166 Å². The molecule has 8 heteroatoms. The molecule has 0 saturated carbocycles. The van der Waals surface area contributed by atoms with E-state index in [2.05, 4.69) is 32.4 Å². The number of pyridine rings is 1. The van der Waals surface area contributed by atoms with Crippen molar-refractivity contribution in [3.05, 3.63) is 23.9 Å². The van der Waals surface area contributed by atoms with Gasteiger partial charge < -0.3 is 16.4 Å². The van der Waals surface area contributed by atoms with Crippen LogP contribution >= 0.6 is 24.0 Å². The molecular weight excluding hydrogens is 431 g/mol. The molecule has 2 heterocycles. The fourth-order valence-electron chi connectivity index (χ4n) is 2.83. The Morgan fingerprint density at radius 3 is 2.96 bits per heavy atom. The van der Waals surface area contributed by atoms with Crippen molar-refractivity contribution in [1.29, 1.82) is 0 Å². The first-order valence-electron chi connectivity index (χ1n) is 8.59. The Bertz CT molecular complexity index is 563. The number of rotatable bonds is 7. The van der Waals surface area contributed by atoms with Gasteiger partial charge in [0.1, 0.15) is 5.82 Å². The molecule has 7 nitrogen and oxygen atoms in total. The van der Waals surface area contributed by atoms with E-state index in [1.54, 1.807) is 12.3 Å². The van der Waals surface area contributed by atoms with Crippen LogP contribution in [-0.4, -0.2) is 54.0 Å². The lowest BCUT2D eigenvalue weighted by Gasteiger charge is -2.20. The molecule has 0 bridgehead atoms. The number of carbonyl (C=O) groups is 1. The molecule has 140 valence electrons. The number of aromatic nitrogens is 1. The van der Waals surface area contributed by atoms with Crippen LogP contribution in [0.15, 0.2) is 23.3 Å². The Morgan fingerprint density at radius 2 is 2.28 bits per heavy atom. The van der Waals surface area contributed by atoms with E-state index in [-0.39, 0.29) is 29.9 Å². The van der Waals surface area contributed by atoms with E-state index in [0.717, 1.165) is 18.7 Å². The average Bonchev–Trinajstić information content (AvgIpc) is 3.02. The molecule has 0 aliphatic carbocycles. The SMILES string of the molecule is CCN1CCCC1CN=C(N)NCCC(=O)Nc1ccc(C)cn1.I. The van der Waals surface area contributed by atoms with Crippen LogP contribution in [0.1, 0.15) is 31.7 Å². The maximum absolute atomic E-state index is 11.8. The van der Waals surface area contributed by atoms with E-state index in [0.29, 0.717) is 37.3 Å². The van der Waals surface area contributed by atoms with Crippen molar-refractivity contribution >= 4 is 41.7 Å². The van der Waals surface area contributed by atoms with Gasteiger partial charge in [0.25, 0.3) is 0 Å². The molecule has 1 fully saturated rings. The molecule has 1 amide bonds. The Morgan fingerprint density at radius 1 is 1.48 bits per heavy atom. The summed E-state index contributed by atoms with van der Waals surface area (Å²) < 4.78 is 0. The lowest BCUT2D eigenvalue weighted by molar-refractivity contribution is -0.116. The first-order valence-corrected chi connectivity index (χ1v) is 8.59. The largest absolute Gasteiger partial charge is 0.370 e. The van der Waals surface area contributed by atoms with Gasteiger partial charge in [-0.05, 0) is 44.5 Å². The molecule has 1 saturated heterocycles. The van der Waals surface area contributed by atoms with E-state index in [1.807, 2.05) is 13.0 Å². The summed E-state index contributed by atoms with van der Waals surface area (Å²) in [6, 6.07) is 4.19. The van der Waals surface area contributed by atoms with Crippen molar-refractivity contribution in [2.45, 2.75) is 39.2 Å². The van der Waals surface area contributed by atoms with Crippen molar-refractivity contribution in [3.8, 4) is 0 Å². The standard InChI is InChI=1S/C17H28N6O.HI/c1-3-23-10-4-5-14(23)12-21-17(18)19-9-8-16(24)22-15-7-6-13(2)11-20-15;/h6-7,11,14H,3-5,8-10,12H2,1-2H3,(H3,18,19,21)(H,20,22,24);1H. The van der Waals surface area contributed by atoms with Crippen LogP contribution in [0.25, 0.3) is 0 Å². The molecule has 0 aromatic carbocycles. The van der Waals surface area contributed by atoms with Crippen LogP contribution in [0.3, 0.4) is 0 Å². The van der Waals surface area contributed by atoms with Gasteiger partial charge in [-0.25, -0.2) is 4.98 Å². The van der Waals surface area contributed by atoms with Gasteiger partial charge in [0.2, 0.25) is 5.91 Å². The summed E-state index contributed by atoms with van der Waals surface area (Å²) in [5, 5.41) is 5.75. The fourth-order valence-corrected chi connectivity index (χ4v) is 2.83. The number of nitrogens with two attached hydrogens (primary N) is 1. The maximum atomic E-state index is 11.8. The van der Waals surface area contributed by atoms with Gasteiger partial charge in [-0.1, -0.05) is 13.0 Å². The van der Waals surface area contributed by atoms with E-state index in [4.69, 9.17) is 5.73 Å². The highest BCUT2D eigenvalue weighted by Gasteiger charge is 2.22. The third kappa shape index (κ3) is 7.55. The van der Waals surface area contributed by atoms with Gasteiger partial charge in [0, 0.05) is 25.2 Å². The monoisotopic (exact) mass is 460 g/mol. The number of aliphatic imine (C=N–C) groups is 1. The molecule has 1 atom stereocenters. The summed E-state index contributed by atoms with van der Waals surface area (Å²) in [6.45, 7) is 7.50. The summed E-state index contributed by atoms with van der Waals surface area (Å²) >= 11 is 0.